The molecule has 0 saturated carbocycles. The Morgan fingerprint density at radius 2 is 2.40 bits per heavy atom. The third kappa shape index (κ3) is 1.39. The Labute approximate surface area is 65.0 Å². The fraction of sp³-hybridized carbons (Fsp3) is 0.286. The van der Waals surface area contributed by atoms with Gasteiger partial charge in [-0.2, -0.15) is 0 Å². The molecule has 0 amide bonds. The Morgan fingerprint density at radius 3 is 2.90 bits per heavy atom. The van der Waals surface area contributed by atoms with Gasteiger partial charge in [-0.3, -0.25) is 0 Å². The topological polar surface area (TPSA) is 38.9 Å². The summed E-state index contributed by atoms with van der Waals surface area (Å²) in [5, 5.41) is 0.453. The molecule has 1 aromatic rings. The van der Waals surface area contributed by atoms with Crippen LogP contribution in [0.4, 0.5) is 5.69 Å². The van der Waals surface area contributed by atoms with Crippen LogP contribution < -0.4 is 5.73 Å². The van der Waals surface area contributed by atoms with Crippen LogP contribution in [0, 0.1) is 0 Å². The first-order valence-corrected chi connectivity index (χ1v) is 3.51. The molecule has 0 aromatic carbocycles. The van der Waals surface area contributed by atoms with Crippen LogP contribution >= 0.6 is 11.6 Å². The number of halogens is 1. The molecular weight excluding hydrogens is 148 g/mol. The highest BCUT2D eigenvalue weighted by Crippen LogP contribution is 2.14. The molecule has 1 aromatic heterocycles. The third-order valence-corrected chi connectivity index (χ3v) is 1.58. The molecule has 0 bridgehead atoms. The minimum Gasteiger partial charge on any atom is -0.398 e. The van der Waals surface area contributed by atoms with Crippen molar-refractivity contribution < 1.29 is 0 Å². The number of nitrogen functional groups attached to an aromatic ring is 1. The maximum atomic E-state index is 5.61. The minimum absolute atomic E-state index is 0.453. The first-order valence-electron chi connectivity index (χ1n) is 3.14. The van der Waals surface area contributed by atoms with Crippen LogP contribution in [0.2, 0.25) is 5.15 Å². The van der Waals surface area contributed by atoms with Gasteiger partial charge in [0.15, 0.2) is 0 Å². The van der Waals surface area contributed by atoms with E-state index in [4.69, 9.17) is 17.3 Å². The first kappa shape index (κ1) is 7.35. The molecule has 0 radical (unpaired) electrons. The maximum Gasteiger partial charge on any atom is 0.131 e. The van der Waals surface area contributed by atoms with Crippen LogP contribution in [0.5, 0.6) is 0 Å². The van der Waals surface area contributed by atoms with E-state index in [9.17, 15) is 0 Å². The number of aryl methyl sites for hydroxylation is 1. The predicted octanol–water partition coefficient (Wildman–Crippen LogP) is 1.88. The number of rotatable bonds is 1. The van der Waals surface area contributed by atoms with Gasteiger partial charge in [0.2, 0.25) is 0 Å². The summed E-state index contributed by atoms with van der Waals surface area (Å²) in [6.07, 6.45) is 2.60. The summed E-state index contributed by atoms with van der Waals surface area (Å²) in [6, 6.07) is 1.67. The van der Waals surface area contributed by atoms with Gasteiger partial charge >= 0.3 is 0 Å². The number of hydrogen-bond acceptors (Lipinski definition) is 2. The van der Waals surface area contributed by atoms with E-state index in [0.29, 0.717) is 5.15 Å². The Balaban J connectivity index is 3.07. The van der Waals surface area contributed by atoms with Crippen molar-refractivity contribution in [2.24, 2.45) is 0 Å². The van der Waals surface area contributed by atoms with Gasteiger partial charge in [0, 0.05) is 11.9 Å². The first-order chi connectivity index (χ1) is 4.74. The SMILES string of the molecule is CCc1cnc(Cl)cc1N. The molecule has 0 fully saturated rings. The second-order valence-corrected chi connectivity index (χ2v) is 2.45. The van der Waals surface area contributed by atoms with E-state index in [0.717, 1.165) is 17.7 Å². The molecular formula is C7H9ClN2. The number of hydrogen-bond donors (Lipinski definition) is 1. The Bertz CT molecular complexity index is 235. The standard InChI is InChI=1S/C7H9ClN2/c1-2-5-4-10-7(8)3-6(5)9/h3-4H,2H2,1H3,(H2,9,10). The van der Waals surface area contributed by atoms with Crippen molar-refractivity contribution in [3.8, 4) is 0 Å². The van der Waals surface area contributed by atoms with Gasteiger partial charge in [0.05, 0.1) is 0 Å². The van der Waals surface area contributed by atoms with Gasteiger partial charge in [0.1, 0.15) is 5.15 Å². The Hall–Kier alpha value is -0.760. The van der Waals surface area contributed by atoms with E-state index in [-0.39, 0.29) is 0 Å². The normalized spacial score (nSPS) is 9.80. The van der Waals surface area contributed by atoms with E-state index in [1.807, 2.05) is 6.92 Å². The Morgan fingerprint density at radius 1 is 1.70 bits per heavy atom. The summed E-state index contributed by atoms with van der Waals surface area (Å²) >= 11 is 5.58. The second kappa shape index (κ2) is 2.88. The number of nitrogens with zero attached hydrogens (tertiary/aromatic N) is 1. The lowest BCUT2D eigenvalue weighted by molar-refractivity contribution is 1.11. The molecule has 0 saturated heterocycles. The van der Waals surface area contributed by atoms with Crippen molar-refractivity contribution >= 4 is 17.3 Å². The third-order valence-electron chi connectivity index (χ3n) is 1.37. The predicted molar refractivity (Wildman–Crippen MR) is 43.0 cm³/mol. The summed E-state index contributed by atoms with van der Waals surface area (Å²) in [5.74, 6) is 0. The van der Waals surface area contributed by atoms with Crippen molar-refractivity contribution in [2.45, 2.75) is 13.3 Å². The summed E-state index contributed by atoms with van der Waals surface area (Å²) < 4.78 is 0. The molecule has 1 heterocycles. The zero-order chi connectivity index (χ0) is 7.56. The molecule has 54 valence electrons. The van der Waals surface area contributed by atoms with Gasteiger partial charge < -0.3 is 5.73 Å². The van der Waals surface area contributed by atoms with Crippen molar-refractivity contribution in [3.05, 3.63) is 23.0 Å². The molecule has 2 N–H and O–H groups in total. The molecule has 0 atom stereocenters. The van der Waals surface area contributed by atoms with Crippen LogP contribution in [-0.2, 0) is 6.42 Å². The van der Waals surface area contributed by atoms with Gasteiger partial charge in [-0.1, -0.05) is 18.5 Å². The van der Waals surface area contributed by atoms with Gasteiger partial charge in [-0.15, -0.1) is 0 Å². The van der Waals surface area contributed by atoms with Gasteiger partial charge in [0.25, 0.3) is 0 Å². The average molecular weight is 157 g/mol. The van der Waals surface area contributed by atoms with E-state index in [1.165, 1.54) is 0 Å². The van der Waals surface area contributed by atoms with E-state index in [1.54, 1.807) is 12.3 Å². The minimum atomic E-state index is 0.453. The molecule has 0 unspecified atom stereocenters. The molecule has 0 aliphatic carbocycles. The smallest absolute Gasteiger partial charge is 0.131 e. The quantitative estimate of drug-likeness (QED) is 0.631. The molecule has 0 aliphatic rings. The zero-order valence-electron chi connectivity index (χ0n) is 5.76. The van der Waals surface area contributed by atoms with Crippen molar-refractivity contribution in [1.82, 2.24) is 4.98 Å². The number of pyridine rings is 1. The molecule has 0 spiro atoms. The lowest BCUT2D eigenvalue weighted by Gasteiger charge is -2.00. The second-order valence-electron chi connectivity index (χ2n) is 2.06. The van der Waals surface area contributed by atoms with Crippen LogP contribution in [0.15, 0.2) is 12.3 Å². The van der Waals surface area contributed by atoms with Crippen molar-refractivity contribution in [3.63, 3.8) is 0 Å². The highest BCUT2D eigenvalue weighted by Gasteiger charge is 1.96. The average Bonchev–Trinajstić information content (AvgIpc) is 1.88. The molecule has 3 heteroatoms. The van der Waals surface area contributed by atoms with Crippen LogP contribution in [0.1, 0.15) is 12.5 Å². The molecule has 10 heavy (non-hydrogen) atoms. The number of aromatic nitrogens is 1. The molecule has 0 aliphatic heterocycles. The largest absolute Gasteiger partial charge is 0.398 e. The van der Waals surface area contributed by atoms with Crippen molar-refractivity contribution in [1.29, 1.82) is 0 Å². The van der Waals surface area contributed by atoms with E-state index in [2.05, 4.69) is 4.98 Å². The number of anilines is 1. The van der Waals surface area contributed by atoms with Crippen LogP contribution in [0.25, 0.3) is 0 Å². The molecule has 1 rings (SSSR count). The fourth-order valence-corrected chi connectivity index (χ4v) is 0.934. The molecule has 2 nitrogen and oxygen atoms in total. The monoisotopic (exact) mass is 156 g/mol. The maximum absolute atomic E-state index is 5.61. The van der Waals surface area contributed by atoms with Crippen LogP contribution in [-0.4, -0.2) is 4.98 Å². The van der Waals surface area contributed by atoms with Gasteiger partial charge in [-0.25, -0.2) is 4.98 Å². The fourth-order valence-electron chi connectivity index (χ4n) is 0.768. The summed E-state index contributed by atoms with van der Waals surface area (Å²) in [5.41, 5.74) is 7.38. The number of nitrogens with two attached hydrogens (primary N) is 1. The summed E-state index contributed by atoms with van der Waals surface area (Å²) in [4.78, 5) is 3.90. The zero-order valence-corrected chi connectivity index (χ0v) is 6.52. The van der Waals surface area contributed by atoms with Crippen molar-refractivity contribution in [2.75, 3.05) is 5.73 Å². The summed E-state index contributed by atoms with van der Waals surface area (Å²) in [7, 11) is 0. The lowest BCUT2D eigenvalue weighted by atomic mass is 10.2. The lowest BCUT2D eigenvalue weighted by Crippen LogP contribution is -1.93. The highest BCUT2D eigenvalue weighted by molar-refractivity contribution is 6.29. The highest BCUT2D eigenvalue weighted by atomic mass is 35.5. The Kier molecular flexibility index (Phi) is 2.12. The van der Waals surface area contributed by atoms with E-state index < -0.39 is 0 Å². The van der Waals surface area contributed by atoms with E-state index >= 15 is 0 Å². The van der Waals surface area contributed by atoms with Gasteiger partial charge in [-0.05, 0) is 18.1 Å². The summed E-state index contributed by atoms with van der Waals surface area (Å²) in [6.45, 7) is 2.03. The van der Waals surface area contributed by atoms with Crippen LogP contribution in [0.3, 0.4) is 0 Å².